The standard InChI is InChI=1S/C25H27FN2O4/c1-24(2,15-30)22-11-16-10-20(19(26)12-21(16)28(22)13-18(31)14-29)27-23(32)25(8-9-25)17-6-4-3-5-7-17/h4,6-7,10-12,18,29-31H,8-9,13-15H2,1-2H3,(H,27,32)/t18-/m1/s1. The second-order valence-electron chi connectivity index (χ2n) is 9.17. The lowest BCUT2D eigenvalue weighted by atomic mass is 9.90. The molecular weight excluding hydrogens is 411 g/mol. The lowest BCUT2D eigenvalue weighted by Crippen LogP contribution is -2.29. The van der Waals surface area contributed by atoms with Gasteiger partial charge in [0.15, 0.2) is 0 Å². The van der Waals surface area contributed by atoms with Crippen molar-refractivity contribution in [3.8, 4) is 0 Å². The van der Waals surface area contributed by atoms with Crippen LogP contribution >= 0.6 is 0 Å². The van der Waals surface area contributed by atoms with E-state index >= 15 is 4.39 Å². The Morgan fingerprint density at radius 2 is 2.03 bits per heavy atom. The molecule has 3 aromatic rings. The number of rotatable bonds is 8. The van der Waals surface area contributed by atoms with Crippen LogP contribution in [0.2, 0.25) is 0 Å². The fourth-order valence-electron chi connectivity index (χ4n) is 4.15. The minimum Gasteiger partial charge on any atom is -0.395 e. The molecule has 7 heteroatoms. The summed E-state index contributed by atoms with van der Waals surface area (Å²) in [7, 11) is 0. The quantitative estimate of drug-likeness (QED) is 0.435. The minimum absolute atomic E-state index is 0.0501. The predicted molar refractivity (Wildman–Crippen MR) is 119 cm³/mol. The van der Waals surface area contributed by atoms with E-state index in [1.165, 1.54) is 6.07 Å². The highest BCUT2D eigenvalue weighted by molar-refractivity contribution is 6.02. The highest BCUT2D eigenvalue weighted by atomic mass is 19.1. The van der Waals surface area contributed by atoms with Crippen molar-refractivity contribution in [2.24, 2.45) is 0 Å². The Morgan fingerprint density at radius 3 is 2.62 bits per heavy atom. The van der Waals surface area contributed by atoms with E-state index in [4.69, 9.17) is 0 Å². The lowest BCUT2D eigenvalue weighted by Gasteiger charge is -2.25. The number of aliphatic hydroxyl groups is 3. The van der Waals surface area contributed by atoms with Crippen molar-refractivity contribution in [1.82, 2.24) is 4.57 Å². The Bertz CT molecular complexity index is 1140. The third kappa shape index (κ3) is 3.86. The Labute approximate surface area is 186 Å². The molecule has 168 valence electrons. The van der Waals surface area contributed by atoms with Crippen LogP contribution in [0.3, 0.4) is 0 Å². The van der Waals surface area contributed by atoms with E-state index in [-0.39, 0.29) is 24.7 Å². The number of amides is 1. The number of benzene rings is 1. The van der Waals surface area contributed by atoms with Gasteiger partial charge in [-0.05, 0) is 48.7 Å². The maximum atomic E-state index is 15.1. The number of nitrogens with zero attached hydrogens (tertiary/aromatic N) is 1. The summed E-state index contributed by atoms with van der Waals surface area (Å²) in [6, 6.07) is 15.7. The average Bonchev–Trinajstić information content (AvgIpc) is 3.54. The summed E-state index contributed by atoms with van der Waals surface area (Å²) in [6.45, 7) is 3.14. The van der Waals surface area contributed by atoms with Crippen molar-refractivity contribution >= 4 is 22.5 Å². The molecule has 0 bridgehead atoms. The fraction of sp³-hybridized carbons (Fsp3) is 0.400. The first-order valence-corrected chi connectivity index (χ1v) is 10.6. The summed E-state index contributed by atoms with van der Waals surface area (Å²) in [5.74, 6) is -0.859. The number of aromatic nitrogens is 1. The highest BCUT2D eigenvalue weighted by Crippen LogP contribution is 2.49. The molecule has 0 spiro atoms. The third-order valence-electron chi connectivity index (χ3n) is 6.33. The predicted octanol–water partition coefficient (Wildman–Crippen LogP) is 2.67. The molecule has 1 heterocycles. The number of aliphatic hydroxyl groups excluding tert-OH is 3. The molecule has 4 rings (SSSR count). The van der Waals surface area contributed by atoms with Gasteiger partial charge in [-0.1, -0.05) is 26.0 Å². The van der Waals surface area contributed by atoms with Gasteiger partial charge in [0.25, 0.3) is 0 Å². The van der Waals surface area contributed by atoms with E-state index in [1.54, 1.807) is 22.8 Å². The third-order valence-corrected chi connectivity index (χ3v) is 6.33. The molecule has 1 aliphatic rings. The van der Waals surface area contributed by atoms with Gasteiger partial charge in [0.1, 0.15) is 5.82 Å². The summed E-state index contributed by atoms with van der Waals surface area (Å²) in [5, 5.41) is 32.6. The number of carbonyl (C=O) groups is 1. The Kier molecular flexibility index (Phi) is 5.72. The van der Waals surface area contributed by atoms with Gasteiger partial charge < -0.3 is 25.2 Å². The second-order valence-corrected chi connectivity index (χ2v) is 9.17. The van der Waals surface area contributed by atoms with E-state index in [0.29, 0.717) is 29.4 Å². The molecule has 0 aliphatic heterocycles. The van der Waals surface area contributed by atoms with Gasteiger partial charge in [-0.25, -0.2) is 4.39 Å². The van der Waals surface area contributed by atoms with Crippen LogP contribution in [-0.4, -0.2) is 45.1 Å². The van der Waals surface area contributed by atoms with Crippen LogP contribution < -0.4 is 5.32 Å². The van der Waals surface area contributed by atoms with E-state index in [2.05, 4.69) is 17.4 Å². The van der Waals surface area contributed by atoms with Crippen LogP contribution in [0, 0.1) is 17.9 Å². The van der Waals surface area contributed by atoms with E-state index in [1.807, 2.05) is 26.0 Å². The molecule has 4 N–H and O–H groups in total. The summed E-state index contributed by atoms with van der Waals surface area (Å²) in [5.41, 5.74) is 0.792. The average molecular weight is 438 g/mol. The van der Waals surface area contributed by atoms with Crippen LogP contribution in [-0.2, 0) is 22.2 Å². The Balaban J connectivity index is 1.72. The minimum atomic E-state index is -1.03. The zero-order chi connectivity index (χ0) is 23.1. The van der Waals surface area contributed by atoms with Crippen LogP contribution in [0.4, 0.5) is 10.1 Å². The van der Waals surface area contributed by atoms with Crippen molar-refractivity contribution in [1.29, 1.82) is 0 Å². The zero-order valence-electron chi connectivity index (χ0n) is 18.2. The summed E-state index contributed by atoms with van der Waals surface area (Å²) in [6.07, 6.45) is 0.339. The van der Waals surface area contributed by atoms with Crippen LogP contribution in [0.15, 0.2) is 36.4 Å². The monoisotopic (exact) mass is 438 g/mol. The fourth-order valence-corrected chi connectivity index (χ4v) is 4.15. The second kappa shape index (κ2) is 8.21. The van der Waals surface area contributed by atoms with Crippen molar-refractivity contribution in [2.75, 3.05) is 18.5 Å². The first kappa shape index (κ1) is 22.3. The van der Waals surface area contributed by atoms with Gasteiger partial charge in [-0.2, -0.15) is 0 Å². The van der Waals surface area contributed by atoms with E-state index in [9.17, 15) is 20.1 Å². The van der Waals surface area contributed by atoms with Gasteiger partial charge in [-0.15, -0.1) is 0 Å². The number of hydrogen-bond acceptors (Lipinski definition) is 4. The Hall–Kier alpha value is -2.92. The molecule has 1 aliphatic carbocycles. The molecule has 6 nitrogen and oxygen atoms in total. The molecule has 1 atom stereocenters. The van der Waals surface area contributed by atoms with Crippen molar-refractivity contribution in [3.63, 3.8) is 0 Å². The molecule has 32 heavy (non-hydrogen) atoms. The maximum absolute atomic E-state index is 15.1. The number of hydrogen-bond donors (Lipinski definition) is 4. The summed E-state index contributed by atoms with van der Waals surface area (Å²) in [4.78, 5) is 13.0. The molecule has 1 saturated carbocycles. The molecule has 1 fully saturated rings. The van der Waals surface area contributed by atoms with Gasteiger partial charge in [0.2, 0.25) is 5.91 Å². The number of fused-ring (bicyclic) bond motifs is 1. The molecular formula is C25H27FN2O4. The highest BCUT2D eigenvalue weighted by Gasteiger charge is 2.51. The number of halogens is 1. The van der Waals surface area contributed by atoms with Crippen molar-refractivity contribution in [3.05, 3.63) is 65.6 Å². The normalized spacial score (nSPS) is 15.9. The van der Waals surface area contributed by atoms with Gasteiger partial charge in [0.05, 0.1) is 42.5 Å². The van der Waals surface area contributed by atoms with Crippen LogP contribution in [0.5, 0.6) is 0 Å². The molecule has 0 unspecified atom stereocenters. The smallest absolute Gasteiger partial charge is 0.235 e. The molecule has 0 radical (unpaired) electrons. The summed E-state index contributed by atoms with van der Waals surface area (Å²) >= 11 is 0. The molecule has 1 aromatic heterocycles. The number of anilines is 1. The Morgan fingerprint density at radius 1 is 1.28 bits per heavy atom. The van der Waals surface area contributed by atoms with Crippen molar-refractivity contribution < 1.29 is 24.5 Å². The first-order valence-electron chi connectivity index (χ1n) is 10.6. The molecule has 2 aromatic carbocycles. The van der Waals surface area contributed by atoms with Gasteiger partial charge in [-0.3, -0.25) is 4.79 Å². The lowest BCUT2D eigenvalue weighted by molar-refractivity contribution is -0.118. The topological polar surface area (TPSA) is 94.7 Å². The zero-order valence-corrected chi connectivity index (χ0v) is 18.2. The van der Waals surface area contributed by atoms with Crippen LogP contribution in [0.25, 0.3) is 10.9 Å². The van der Waals surface area contributed by atoms with Gasteiger partial charge in [0, 0.05) is 22.6 Å². The first-order chi connectivity index (χ1) is 15.2. The number of carbonyl (C=O) groups excluding carboxylic acids is 1. The molecule has 0 saturated heterocycles. The maximum Gasteiger partial charge on any atom is 0.235 e. The summed E-state index contributed by atoms with van der Waals surface area (Å²) < 4.78 is 16.8. The van der Waals surface area contributed by atoms with E-state index < -0.39 is 29.4 Å². The SMILES string of the molecule is CC(C)(CO)c1cc2cc(NC(=O)C3(c4cc#ccc4)CC3)c(F)cc2n1C[C@@H](O)CO. The molecule has 1 amide bonds. The largest absolute Gasteiger partial charge is 0.395 e. The van der Waals surface area contributed by atoms with E-state index in [0.717, 1.165) is 5.56 Å². The van der Waals surface area contributed by atoms with Crippen LogP contribution in [0.1, 0.15) is 37.9 Å². The number of nitrogens with one attached hydrogen (secondary N) is 1. The van der Waals surface area contributed by atoms with Gasteiger partial charge >= 0.3 is 0 Å². The van der Waals surface area contributed by atoms with Crippen molar-refractivity contribution in [2.45, 2.75) is 50.2 Å².